The zero-order valence-corrected chi connectivity index (χ0v) is 9.87. The zero-order chi connectivity index (χ0) is 13.0. The number of halogens is 1. The van der Waals surface area contributed by atoms with Crippen LogP contribution >= 0.6 is 11.6 Å². The fourth-order valence-corrected chi connectivity index (χ4v) is 0.589. The molecule has 1 aliphatic carbocycles. The van der Waals surface area contributed by atoms with E-state index in [0.717, 1.165) is 23.8 Å². The summed E-state index contributed by atoms with van der Waals surface area (Å²) in [6.07, 6.45) is 6.27. The van der Waals surface area contributed by atoms with Gasteiger partial charge < -0.3 is 9.84 Å². The highest BCUT2D eigenvalue weighted by Gasteiger charge is 1.97. The lowest BCUT2D eigenvalue weighted by Gasteiger charge is -2.02. The largest absolute Gasteiger partial charge is 0.478 e. The van der Waals surface area contributed by atoms with Crippen molar-refractivity contribution >= 4 is 23.5 Å². The third-order valence-corrected chi connectivity index (χ3v) is 1.52. The monoisotopic (exact) mass is 246 g/mol. The first-order valence-corrected chi connectivity index (χ1v) is 4.79. The third kappa shape index (κ3) is 18.3. The molecule has 0 aliphatic heterocycles. The number of carboxylic acid groups (broad SMARTS) is 1. The summed E-state index contributed by atoms with van der Waals surface area (Å²) in [6.45, 7) is 7.44. The zero-order valence-electron chi connectivity index (χ0n) is 9.11. The van der Waals surface area contributed by atoms with Crippen molar-refractivity contribution in [2.45, 2.75) is 19.8 Å². The first kappa shape index (κ1) is 16.9. The van der Waals surface area contributed by atoms with Gasteiger partial charge in [0.25, 0.3) is 0 Å². The van der Waals surface area contributed by atoms with Gasteiger partial charge in [0, 0.05) is 18.0 Å². The highest BCUT2D eigenvalue weighted by Crippen LogP contribution is 2.20. The van der Waals surface area contributed by atoms with Gasteiger partial charge in [0.05, 0.1) is 6.26 Å². The number of allylic oxidation sites excluding steroid dienone is 2. The second-order valence-corrected chi connectivity index (χ2v) is 2.99. The van der Waals surface area contributed by atoms with Gasteiger partial charge in [0.2, 0.25) is 0 Å². The van der Waals surface area contributed by atoms with Crippen LogP contribution in [0, 0.1) is 0 Å². The molecule has 4 nitrogen and oxygen atoms in total. The quantitative estimate of drug-likeness (QED) is 0.462. The summed E-state index contributed by atoms with van der Waals surface area (Å²) in [7, 11) is 0. The van der Waals surface area contributed by atoms with Crippen LogP contribution in [-0.2, 0) is 14.3 Å². The number of esters is 1. The van der Waals surface area contributed by atoms with E-state index in [1.54, 1.807) is 0 Å². The van der Waals surface area contributed by atoms with Crippen LogP contribution in [0.4, 0.5) is 0 Å². The molecule has 1 N–H and O–H groups in total. The average Bonchev–Trinajstić information content (AvgIpc) is 2.16. The molecule has 90 valence electrons. The molecule has 0 amide bonds. The molecule has 0 heterocycles. The molecule has 0 saturated carbocycles. The Morgan fingerprint density at radius 2 is 1.94 bits per heavy atom. The van der Waals surface area contributed by atoms with E-state index in [4.69, 9.17) is 16.7 Å². The van der Waals surface area contributed by atoms with Gasteiger partial charge in [-0.15, -0.1) is 0 Å². The summed E-state index contributed by atoms with van der Waals surface area (Å²) in [5.41, 5.74) is 0. The molecule has 0 radical (unpaired) electrons. The molecule has 0 fully saturated rings. The SMILES string of the molecule is C=CC(=O)O.C=COC(C)=O.ClC1=CCC1. The predicted molar refractivity (Wildman–Crippen MR) is 63.0 cm³/mol. The van der Waals surface area contributed by atoms with Gasteiger partial charge in [-0.05, 0) is 12.8 Å². The van der Waals surface area contributed by atoms with Crippen LogP contribution < -0.4 is 0 Å². The van der Waals surface area contributed by atoms with Crippen molar-refractivity contribution in [1.29, 1.82) is 0 Å². The fourth-order valence-electron chi connectivity index (χ4n) is 0.371. The van der Waals surface area contributed by atoms with E-state index >= 15 is 0 Å². The van der Waals surface area contributed by atoms with Gasteiger partial charge in [-0.1, -0.05) is 30.8 Å². The molecule has 16 heavy (non-hydrogen) atoms. The van der Waals surface area contributed by atoms with E-state index in [9.17, 15) is 9.59 Å². The van der Waals surface area contributed by atoms with Crippen LogP contribution in [0.3, 0.4) is 0 Å². The lowest BCUT2D eigenvalue weighted by molar-refractivity contribution is -0.135. The second kappa shape index (κ2) is 11.5. The molecule has 0 aromatic heterocycles. The number of aliphatic carboxylic acids is 1. The molecule has 1 aliphatic rings. The van der Waals surface area contributed by atoms with E-state index in [1.165, 1.54) is 13.3 Å². The van der Waals surface area contributed by atoms with Gasteiger partial charge in [-0.2, -0.15) is 0 Å². The van der Waals surface area contributed by atoms with Crippen LogP contribution in [0.1, 0.15) is 19.8 Å². The number of ether oxygens (including phenoxy) is 1. The minimum absolute atomic E-state index is 0.329. The highest BCUT2D eigenvalue weighted by atomic mass is 35.5. The molecule has 0 aromatic rings. The predicted octanol–water partition coefficient (Wildman–Crippen LogP) is 2.85. The van der Waals surface area contributed by atoms with Crippen molar-refractivity contribution in [2.24, 2.45) is 0 Å². The van der Waals surface area contributed by atoms with E-state index in [-0.39, 0.29) is 5.97 Å². The van der Waals surface area contributed by atoms with Gasteiger partial charge in [-0.3, -0.25) is 4.79 Å². The van der Waals surface area contributed by atoms with Gasteiger partial charge in [0.1, 0.15) is 0 Å². The Morgan fingerprint density at radius 1 is 1.56 bits per heavy atom. The van der Waals surface area contributed by atoms with Crippen molar-refractivity contribution in [3.8, 4) is 0 Å². The van der Waals surface area contributed by atoms with Crippen LogP contribution in [0.25, 0.3) is 0 Å². The number of hydrogen-bond acceptors (Lipinski definition) is 3. The molecule has 0 bridgehead atoms. The number of rotatable bonds is 2. The second-order valence-electron chi connectivity index (χ2n) is 2.51. The average molecular weight is 247 g/mol. The van der Waals surface area contributed by atoms with Gasteiger partial charge >= 0.3 is 11.9 Å². The topological polar surface area (TPSA) is 63.6 Å². The van der Waals surface area contributed by atoms with Crippen molar-refractivity contribution in [1.82, 2.24) is 0 Å². The van der Waals surface area contributed by atoms with Crippen LogP contribution in [-0.4, -0.2) is 17.0 Å². The first-order chi connectivity index (χ1) is 7.43. The smallest absolute Gasteiger partial charge is 0.327 e. The fraction of sp³-hybridized carbons (Fsp3) is 0.273. The molecule has 1 rings (SSSR count). The summed E-state index contributed by atoms with van der Waals surface area (Å²) in [5.74, 6) is -1.31. The normalized spacial score (nSPS) is 11.0. The maximum absolute atomic E-state index is 9.75. The van der Waals surface area contributed by atoms with Crippen molar-refractivity contribution in [2.75, 3.05) is 0 Å². The van der Waals surface area contributed by atoms with Crippen molar-refractivity contribution in [3.63, 3.8) is 0 Å². The van der Waals surface area contributed by atoms with Crippen molar-refractivity contribution in [3.05, 3.63) is 36.6 Å². The Balaban J connectivity index is 0. The van der Waals surface area contributed by atoms with Gasteiger partial charge in [0.15, 0.2) is 0 Å². The number of carbonyl (C=O) groups is 2. The maximum Gasteiger partial charge on any atom is 0.327 e. The van der Waals surface area contributed by atoms with Crippen LogP contribution in [0.5, 0.6) is 0 Å². The Labute approximate surface area is 99.9 Å². The number of carboxylic acids is 1. The maximum atomic E-state index is 9.75. The minimum Gasteiger partial charge on any atom is -0.478 e. The highest BCUT2D eigenvalue weighted by molar-refractivity contribution is 6.30. The van der Waals surface area contributed by atoms with Gasteiger partial charge in [-0.25, -0.2) is 4.79 Å². The summed E-state index contributed by atoms with van der Waals surface area (Å²) in [5, 5.41) is 8.64. The Bertz CT molecular complexity index is 282. The molecule has 0 atom stereocenters. The lowest BCUT2D eigenvalue weighted by Crippen LogP contribution is -1.87. The molecule has 0 spiro atoms. The first-order valence-electron chi connectivity index (χ1n) is 4.42. The minimum atomic E-state index is -0.981. The summed E-state index contributed by atoms with van der Waals surface area (Å²) < 4.78 is 4.17. The Kier molecular flexibility index (Phi) is 12.1. The van der Waals surface area contributed by atoms with Crippen LogP contribution in [0.15, 0.2) is 36.6 Å². The van der Waals surface area contributed by atoms with E-state index in [2.05, 4.69) is 17.9 Å². The van der Waals surface area contributed by atoms with Crippen LogP contribution in [0.2, 0.25) is 0 Å². The summed E-state index contributed by atoms with van der Waals surface area (Å²) in [6, 6.07) is 0. The summed E-state index contributed by atoms with van der Waals surface area (Å²) >= 11 is 5.41. The molecule has 0 aromatic carbocycles. The molecular weight excluding hydrogens is 232 g/mol. The molecule has 0 saturated heterocycles. The van der Waals surface area contributed by atoms with Crippen molar-refractivity contribution < 1.29 is 19.4 Å². The molecular formula is C11H15ClO4. The Hall–Kier alpha value is -1.55. The van der Waals surface area contributed by atoms with E-state index in [0.29, 0.717) is 0 Å². The Morgan fingerprint density at radius 3 is 1.94 bits per heavy atom. The standard InChI is InChI=1S/C4H5Cl.C4H6O2.C3H4O2/c5-4-2-1-3-4;1-3-6-4(2)5;1-2-3(4)5/h2H,1,3H2;3H,1H2,2H3;2H,1H2,(H,4,5). The van der Waals surface area contributed by atoms with E-state index in [1.807, 2.05) is 6.08 Å². The number of carbonyl (C=O) groups excluding carboxylic acids is 1. The third-order valence-electron chi connectivity index (χ3n) is 1.17. The molecule has 0 unspecified atom stereocenters. The summed E-state index contributed by atoms with van der Waals surface area (Å²) in [4.78, 5) is 19.0. The number of hydrogen-bond donors (Lipinski definition) is 1. The lowest BCUT2D eigenvalue weighted by atomic mass is 10.1. The van der Waals surface area contributed by atoms with E-state index < -0.39 is 5.97 Å². The molecule has 5 heteroatoms.